The summed E-state index contributed by atoms with van der Waals surface area (Å²) in [5.74, 6) is 1.68. The number of benzene rings is 2. The fourth-order valence-corrected chi connectivity index (χ4v) is 3.69. The second kappa shape index (κ2) is 11.6. The van der Waals surface area contributed by atoms with Crippen molar-refractivity contribution in [1.29, 1.82) is 0 Å². The SMILES string of the molecule is COc1cc(CN2CCC(C)(CCCO)C2=O)cc(OC)c1OC.Fc1ccccc1. The molecule has 7 heteroatoms. The number of halogens is 1. The van der Waals surface area contributed by atoms with Crippen LogP contribution in [0.1, 0.15) is 31.7 Å². The second-order valence-electron chi connectivity index (χ2n) is 7.69. The van der Waals surface area contributed by atoms with E-state index in [1.54, 1.807) is 39.5 Å². The van der Waals surface area contributed by atoms with Crippen molar-refractivity contribution in [1.82, 2.24) is 4.90 Å². The number of nitrogens with zero attached hydrogens (tertiary/aromatic N) is 1. The number of likely N-dealkylation sites (tertiary alicyclic amines) is 1. The number of carbonyl (C=O) groups is 1. The molecule has 2 aromatic carbocycles. The van der Waals surface area contributed by atoms with Gasteiger partial charge in [-0.1, -0.05) is 25.1 Å². The number of ether oxygens (including phenoxy) is 3. The maximum absolute atomic E-state index is 12.7. The van der Waals surface area contributed by atoms with E-state index in [0.29, 0.717) is 36.6 Å². The summed E-state index contributed by atoms with van der Waals surface area (Å²) < 4.78 is 28.0. The van der Waals surface area contributed by atoms with Crippen molar-refractivity contribution in [2.45, 2.75) is 32.7 Å². The Labute approximate surface area is 183 Å². The lowest BCUT2D eigenvalue weighted by molar-refractivity contribution is -0.136. The molecule has 1 fully saturated rings. The van der Waals surface area contributed by atoms with Crippen molar-refractivity contribution in [2.75, 3.05) is 34.5 Å². The van der Waals surface area contributed by atoms with Gasteiger partial charge < -0.3 is 24.2 Å². The monoisotopic (exact) mass is 433 g/mol. The molecule has 1 amide bonds. The predicted octanol–water partition coefficient (Wildman–Crippen LogP) is 4.05. The third kappa shape index (κ3) is 6.34. The highest BCUT2D eigenvalue weighted by Crippen LogP contribution is 2.40. The van der Waals surface area contributed by atoms with Crippen molar-refractivity contribution in [2.24, 2.45) is 5.41 Å². The maximum Gasteiger partial charge on any atom is 0.228 e. The van der Waals surface area contributed by atoms with E-state index in [4.69, 9.17) is 19.3 Å². The molecule has 1 saturated heterocycles. The lowest BCUT2D eigenvalue weighted by Crippen LogP contribution is -2.32. The van der Waals surface area contributed by atoms with Crippen LogP contribution in [0.2, 0.25) is 0 Å². The van der Waals surface area contributed by atoms with Gasteiger partial charge in [-0.2, -0.15) is 0 Å². The Hall–Kier alpha value is -2.80. The second-order valence-corrected chi connectivity index (χ2v) is 7.69. The molecule has 0 aliphatic carbocycles. The third-order valence-electron chi connectivity index (χ3n) is 5.45. The van der Waals surface area contributed by atoms with Gasteiger partial charge in [0.15, 0.2) is 11.5 Å². The number of aliphatic hydroxyl groups excluding tert-OH is 1. The van der Waals surface area contributed by atoms with Crippen LogP contribution in [0.25, 0.3) is 0 Å². The van der Waals surface area contributed by atoms with Gasteiger partial charge in [0.25, 0.3) is 0 Å². The Kier molecular flexibility index (Phi) is 9.12. The summed E-state index contributed by atoms with van der Waals surface area (Å²) in [6.45, 7) is 3.33. The van der Waals surface area contributed by atoms with E-state index in [0.717, 1.165) is 18.5 Å². The standard InChI is InChI=1S/C18H27NO5.C6H5F/c1-18(6-5-9-20)7-8-19(17(18)21)12-13-10-14(22-2)16(24-4)15(11-13)23-3;7-6-4-2-1-3-5-6/h10-11,20H,5-9,12H2,1-4H3;1-5H. The molecular weight excluding hydrogens is 401 g/mol. The van der Waals surface area contributed by atoms with Crippen molar-refractivity contribution >= 4 is 5.91 Å². The Morgan fingerprint density at radius 2 is 1.68 bits per heavy atom. The Morgan fingerprint density at radius 1 is 1.06 bits per heavy atom. The van der Waals surface area contributed by atoms with Crippen LogP contribution in [0.3, 0.4) is 0 Å². The molecule has 6 nitrogen and oxygen atoms in total. The minimum atomic E-state index is -0.372. The van der Waals surface area contributed by atoms with Crippen LogP contribution in [0.5, 0.6) is 17.2 Å². The van der Waals surface area contributed by atoms with E-state index in [1.807, 2.05) is 24.0 Å². The van der Waals surface area contributed by atoms with Crippen LogP contribution in [-0.2, 0) is 11.3 Å². The largest absolute Gasteiger partial charge is 0.493 e. The highest BCUT2D eigenvalue weighted by molar-refractivity contribution is 5.84. The average molecular weight is 434 g/mol. The van der Waals surface area contributed by atoms with Crippen molar-refractivity contribution in [3.05, 3.63) is 53.8 Å². The van der Waals surface area contributed by atoms with E-state index in [2.05, 4.69) is 0 Å². The number of amides is 1. The third-order valence-corrected chi connectivity index (χ3v) is 5.45. The van der Waals surface area contributed by atoms with Crippen LogP contribution in [0.4, 0.5) is 4.39 Å². The zero-order valence-electron chi connectivity index (χ0n) is 18.7. The first-order chi connectivity index (χ1) is 14.9. The van der Waals surface area contributed by atoms with E-state index in [1.165, 1.54) is 12.1 Å². The summed E-state index contributed by atoms with van der Waals surface area (Å²) in [7, 11) is 4.72. The molecule has 0 aromatic heterocycles. The summed E-state index contributed by atoms with van der Waals surface area (Å²) in [6, 6.07) is 11.7. The molecule has 3 rings (SSSR count). The van der Waals surface area contributed by atoms with Gasteiger partial charge in [-0.25, -0.2) is 4.39 Å². The maximum atomic E-state index is 12.7. The molecule has 1 atom stereocenters. The summed E-state index contributed by atoms with van der Waals surface area (Å²) in [5.41, 5.74) is 0.563. The highest BCUT2D eigenvalue weighted by Gasteiger charge is 2.41. The number of rotatable bonds is 8. The predicted molar refractivity (Wildman–Crippen MR) is 117 cm³/mol. The van der Waals surface area contributed by atoms with Crippen molar-refractivity contribution in [3.8, 4) is 17.2 Å². The zero-order chi connectivity index (χ0) is 22.9. The normalized spacial score (nSPS) is 17.7. The molecule has 1 unspecified atom stereocenters. The van der Waals surface area contributed by atoms with Gasteiger partial charge >= 0.3 is 0 Å². The van der Waals surface area contributed by atoms with Crippen molar-refractivity contribution < 1.29 is 28.5 Å². The molecule has 1 heterocycles. The van der Waals surface area contributed by atoms with Gasteiger partial charge in [0.1, 0.15) is 5.82 Å². The first kappa shape index (κ1) is 24.5. The van der Waals surface area contributed by atoms with E-state index in [-0.39, 0.29) is 23.7 Å². The van der Waals surface area contributed by atoms with Crippen LogP contribution in [-0.4, -0.2) is 50.4 Å². The smallest absolute Gasteiger partial charge is 0.228 e. The van der Waals surface area contributed by atoms with Gasteiger partial charge in [0.05, 0.1) is 21.3 Å². The Bertz CT molecular complexity index is 820. The molecule has 0 bridgehead atoms. The molecular formula is C24H32FNO5. The average Bonchev–Trinajstić information content (AvgIpc) is 3.06. The number of hydrogen-bond acceptors (Lipinski definition) is 5. The van der Waals surface area contributed by atoms with Gasteiger partial charge in [-0.05, 0) is 49.1 Å². The molecule has 0 radical (unpaired) electrons. The number of hydrogen-bond donors (Lipinski definition) is 1. The molecule has 2 aromatic rings. The molecule has 1 N–H and O–H groups in total. The fourth-order valence-electron chi connectivity index (χ4n) is 3.69. The quantitative estimate of drug-likeness (QED) is 0.680. The van der Waals surface area contributed by atoms with E-state index in [9.17, 15) is 9.18 Å². The Balaban J connectivity index is 0.000000412. The topological polar surface area (TPSA) is 68.2 Å². The van der Waals surface area contributed by atoms with Gasteiger partial charge in [-0.3, -0.25) is 4.79 Å². The number of methoxy groups -OCH3 is 3. The molecule has 31 heavy (non-hydrogen) atoms. The molecule has 0 saturated carbocycles. The molecule has 0 spiro atoms. The number of carbonyl (C=O) groups excluding carboxylic acids is 1. The fraction of sp³-hybridized carbons (Fsp3) is 0.458. The summed E-state index contributed by atoms with van der Waals surface area (Å²) in [5, 5.41) is 9.03. The van der Waals surface area contributed by atoms with Crippen LogP contribution < -0.4 is 14.2 Å². The minimum absolute atomic E-state index is 0.121. The van der Waals surface area contributed by atoms with Crippen LogP contribution in [0.15, 0.2) is 42.5 Å². The summed E-state index contributed by atoms with van der Waals surface area (Å²) in [4.78, 5) is 14.6. The molecule has 1 aliphatic rings. The Morgan fingerprint density at radius 3 is 2.13 bits per heavy atom. The van der Waals surface area contributed by atoms with E-state index < -0.39 is 0 Å². The first-order valence-electron chi connectivity index (χ1n) is 10.3. The van der Waals surface area contributed by atoms with Gasteiger partial charge in [-0.15, -0.1) is 0 Å². The molecule has 1 aliphatic heterocycles. The summed E-state index contributed by atoms with van der Waals surface area (Å²) >= 11 is 0. The van der Waals surface area contributed by atoms with Gasteiger partial charge in [0, 0.05) is 25.1 Å². The highest BCUT2D eigenvalue weighted by atomic mass is 19.1. The van der Waals surface area contributed by atoms with Crippen LogP contribution in [0, 0.1) is 11.2 Å². The minimum Gasteiger partial charge on any atom is -0.493 e. The van der Waals surface area contributed by atoms with Crippen LogP contribution >= 0.6 is 0 Å². The zero-order valence-corrected chi connectivity index (χ0v) is 18.7. The first-order valence-corrected chi connectivity index (χ1v) is 10.3. The van der Waals surface area contributed by atoms with Crippen molar-refractivity contribution in [3.63, 3.8) is 0 Å². The summed E-state index contributed by atoms with van der Waals surface area (Å²) in [6.07, 6.45) is 2.19. The lowest BCUT2D eigenvalue weighted by Gasteiger charge is -2.23. The van der Waals surface area contributed by atoms with E-state index >= 15 is 0 Å². The van der Waals surface area contributed by atoms with Gasteiger partial charge in [0.2, 0.25) is 11.7 Å². The molecule has 170 valence electrons. The number of aliphatic hydroxyl groups is 1. The lowest BCUT2D eigenvalue weighted by atomic mass is 9.84.